The van der Waals surface area contributed by atoms with Crippen molar-refractivity contribution < 1.29 is 28.8 Å². The quantitative estimate of drug-likeness (QED) is 0.571. The van der Waals surface area contributed by atoms with Crippen molar-refractivity contribution in [2.75, 3.05) is 0 Å². The molecule has 1 saturated heterocycles. The number of hydrogen-bond acceptors (Lipinski definition) is 5. The van der Waals surface area contributed by atoms with Gasteiger partial charge in [0.1, 0.15) is 5.70 Å². The summed E-state index contributed by atoms with van der Waals surface area (Å²) in [5.74, 6) is -2.84. The van der Waals surface area contributed by atoms with Gasteiger partial charge in [0.25, 0.3) is 0 Å². The predicted molar refractivity (Wildman–Crippen MR) is 76.2 cm³/mol. The number of carbonyl (C=O) groups is 3. The number of β-lactam (4-membered cyclic amide) rings is 1. The zero-order valence-corrected chi connectivity index (χ0v) is 12.8. The maximum Gasteiger partial charge on any atom is 0.353 e. The van der Waals surface area contributed by atoms with E-state index in [-0.39, 0.29) is 22.9 Å². The molecule has 2 amide bonds. The first-order valence-electron chi connectivity index (χ1n) is 6.57. The normalized spacial score (nSPS) is 26.7. The Hall–Kier alpha value is -2.00. The molecular weight excluding hydrogens is 312 g/mol. The molecule has 0 aliphatic carbocycles. The third-order valence-corrected chi connectivity index (χ3v) is 4.84. The number of carboxylic acids is 1. The molecule has 22 heavy (non-hydrogen) atoms. The van der Waals surface area contributed by atoms with E-state index >= 15 is 0 Å². The van der Waals surface area contributed by atoms with Crippen LogP contribution >= 0.6 is 0 Å². The fraction of sp³-hybridized carbons (Fsp3) is 0.462. The van der Waals surface area contributed by atoms with Gasteiger partial charge >= 0.3 is 5.97 Å². The molecule has 2 aliphatic heterocycles. The topological polar surface area (TPSA) is 124 Å². The summed E-state index contributed by atoms with van der Waals surface area (Å²) in [6.45, 7) is 2.74. The number of carbonyl (C=O) groups excluding carboxylic acids is 2. The second-order valence-electron chi connectivity index (χ2n) is 5.12. The van der Waals surface area contributed by atoms with Crippen molar-refractivity contribution in [3.63, 3.8) is 0 Å². The largest absolute Gasteiger partial charge is 0.477 e. The van der Waals surface area contributed by atoms with Crippen LogP contribution in [0.3, 0.4) is 0 Å². The van der Waals surface area contributed by atoms with Gasteiger partial charge in [-0.25, -0.2) is 9.00 Å². The van der Waals surface area contributed by atoms with Crippen molar-refractivity contribution in [1.82, 2.24) is 10.2 Å². The van der Waals surface area contributed by atoms with Crippen LogP contribution < -0.4 is 5.32 Å². The summed E-state index contributed by atoms with van der Waals surface area (Å²) in [5, 5.41) is 22.3. The van der Waals surface area contributed by atoms with E-state index in [1.165, 1.54) is 20.0 Å². The lowest BCUT2D eigenvalue weighted by molar-refractivity contribution is -0.161. The Kier molecular flexibility index (Phi) is 4.47. The van der Waals surface area contributed by atoms with Crippen LogP contribution in [-0.2, 0) is 25.2 Å². The molecule has 0 radical (unpaired) electrons. The maximum absolute atomic E-state index is 12.2. The van der Waals surface area contributed by atoms with Crippen molar-refractivity contribution >= 4 is 28.6 Å². The van der Waals surface area contributed by atoms with Gasteiger partial charge in [0.15, 0.2) is 0 Å². The lowest BCUT2D eigenvalue weighted by Crippen LogP contribution is -2.61. The zero-order valence-electron chi connectivity index (χ0n) is 12.0. The second kappa shape index (κ2) is 6.01. The Morgan fingerprint density at radius 1 is 1.50 bits per heavy atom. The van der Waals surface area contributed by atoms with E-state index in [4.69, 9.17) is 0 Å². The van der Waals surface area contributed by atoms with Crippen molar-refractivity contribution in [3.05, 3.63) is 22.2 Å². The summed E-state index contributed by atoms with van der Waals surface area (Å²) in [6, 6.07) is -0.480. The minimum absolute atomic E-state index is 0.107. The third-order valence-electron chi connectivity index (χ3n) is 3.61. The zero-order chi connectivity index (χ0) is 16.6. The smallest absolute Gasteiger partial charge is 0.353 e. The van der Waals surface area contributed by atoms with Crippen LogP contribution in [0.25, 0.3) is 0 Å². The number of aliphatic carboxylic acids is 1. The first-order valence-corrected chi connectivity index (χ1v) is 7.79. The fourth-order valence-corrected chi connectivity index (χ4v) is 3.77. The highest BCUT2D eigenvalue weighted by Gasteiger charge is 2.57. The molecule has 0 bridgehead atoms. The fourth-order valence-electron chi connectivity index (χ4n) is 2.71. The second-order valence-corrected chi connectivity index (χ2v) is 6.48. The number of nitrogens with one attached hydrogen (secondary N) is 1. The molecule has 120 valence electrons. The molecule has 1 fully saturated rings. The molecule has 8 nitrogen and oxygen atoms in total. The van der Waals surface area contributed by atoms with Gasteiger partial charge in [-0.3, -0.25) is 9.59 Å². The van der Waals surface area contributed by atoms with Crippen molar-refractivity contribution in [2.45, 2.75) is 32.4 Å². The Morgan fingerprint density at radius 2 is 2.14 bits per heavy atom. The minimum Gasteiger partial charge on any atom is -0.477 e. The Balaban J connectivity index is 2.25. The summed E-state index contributed by atoms with van der Waals surface area (Å²) in [5.41, 5.74) is -0.294. The van der Waals surface area contributed by atoms with E-state index in [2.05, 4.69) is 5.32 Å². The lowest BCUT2D eigenvalue weighted by atomic mass is 9.83. The number of aliphatic hydroxyl groups is 1. The van der Waals surface area contributed by atoms with E-state index in [9.17, 15) is 28.8 Å². The number of carboxylic acid groups (broad SMARTS) is 1. The molecule has 0 saturated carbocycles. The number of nitrogens with zero attached hydrogens (tertiary/aromatic N) is 1. The standard InChI is InChI=1S/C13H16N2O6S/c1-6(16)10-8-5-9(22(21)4-3-14-7(2)17)11(13(19)20)15(8)12(10)18/h3-4,6,8,10,16H,5H2,1-2H3,(H,14,17)(H,19,20)/b4-3+/t6?,8-,10+,22?/m1/s1. The summed E-state index contributed by atoms with van der Waals surface area (Å²) in [6.07, 6.45) is 0.403. The van der Waals surface area contributed by atoms with Gasteiger partial charge < -0.3 is 20.4 Å². The molecule has 0 spiro atoms. The molecule has 2 unspecified atom stereocenters. The highest BCUT2D eigenvalue weighted by Crippen LogP contribution is 2.44. The molecule has 0 aromatic carbocycles. The van der Waals surface area contributed by atoms with Crippen molar-refractivity contribution in [3.8, 4) is 0 Å². The number of amides is 2. The van der Waals surface area contributed by atoms with E-state index in [0.717, 1.165) is 10.3 Å². The molecule has 3 N–H and O–H groups in total. The van der Waals surface area contributed by atoms with Gasteiger partial charge in [-0.1, -0.05) is 0 Å². The van der Waals surface area contributed by atoms with E-state index in [0.29, 0.717) is 0 Å². The van der Waals surface area contributed by atoms with Crippen LogP contribution in [0.1, 0.15) is 20.3 Å². The Bertz CT molecular complexity index is 624. The highest BCUT2D eigenvalue weighted by atomic mass is 32.2. The van der Waals surface area contributed by atoms with Crippen LogP contribution in [0, 0.1) is 5.92 Å². The predicted octanol–water partition coefficient (Wildman–Crippen LogP) is -0.750. The van der Waals surface area contributed by atoms with E-state index in [1.54, 1.807) is 0 Å². The van der Waals surface area contributed by atoms with Crippen LogP contribution in [0.4, 0.5) is 0 Å². The van der Waals surface area contributed by atoms with Gasteiger partial charge in [-0.05, 0) is 6.92 Å². The maximum atomic E-state index is 12.2. The Morgan fingerprint density at radius 3 is 2.64 bits per heavy atom. The molecular formula is C13H16N2O6S. The highest BCUT2D eigenvalue weighted by molar-refractivity contribution is 7.91. The summed E-state index contributed by atoms with van der Waals surface area (Å²) >= 11 is 0. The van der Waals surface area contributed by atoms with Crippen molar-refractivity contribution in [2.24, 2.45) is 5.92 Å². The number of fused-ring (bicyclic) bond motifs is 1. The van der Waals surface area contributed by atoms with Gasteiger partial charge in [0, 0.05) is 25.0 Å². The van der Waals surface area contributed by atoms with E-state index < -0.39 is 40.7 Å². The third kappa shape index (κ3) is 2.69. The summed E-state index contributed by atoms with van der Waals surface area (Å²) < 4.78 is 12.2. The van der Waals surface area contributed by atoms with Crippen LogP contribution in [-0.4, -0.2) is 49.3 Å². The van der Waals surface area contributed by atoms with Crippen LogP contribution in [0.2, 0.25) is 0 Å². The average Bonchev–Trinajstić information content (AvgIpc) is 2.72. The Labute approximate surface area is 128 Å². The summed E-state index contributed by atoms with van der Waals surface area (Å²) in [7, 11) is -1.78. The van der Waals surface area contributed by atoms with Gasteiger partial charge in [-0.2, -0.15) is 0 Å². The lowest BCUT2D eigenvalue weighted by Gasteiger charge is -2.44. The number of hydrogen-bond donors (Lipinski definition) is 3. The molecule has 4 atom stereocenters. The van der Waals surface area contributed by atoms with Crippen LogP contribution in [0.5, 0.6) is 0 Å². The summed E-state index contributed by atoms with van der Waals surface area (Å²) in [4.78, 5) is 35.3. The monoisotopic (exact) mass is 328 g/mol. The van der Waals surface area contributed by atoms with Crippen LogP contribution in [0.15, 0.2) is 22.2 Å². The molecule has 2 heterocycles. The molecule has 2 rings (SSSR count). The van der Waals surface area contributed by atoms with E-state index in [1.807, 2.05) is 0 Å². The molecule has 0 aromatic rings. The van der Waals surface area contributed by atoms with Crippen molar-refractivity contribution in [1.29, 1.82) is 0 Å². The first-order chi connectivity index (χ1) is 10.3. The average molecular weight is 328 g/mol. The number of rotatable bonds is 5. The minimum atomic E-state index is -1.78. The number of aliphatic hydroxyl groups excluding tert-OH is 1. The van der Waals surface area contributed by atoms with Gasteiger partial charge in [0.2, 0.25) is 11.8 Å². The molecule has 2 aliphatic rings. The first kappa shape index (κ1) is 16.4. The van der Waals surface area contributed by atoms with Gasteiger partial charge in [0.05, 0.1) is 33.8 Å². The molecule has 9 heteroatoms. The van der Waals surface area contributed by atoms with Gasteiger partial charge in [-0.15, -0.1) is 0 Å². The molecule has 0 aromatic heterocycles. The SMILES string of the molecule is CC(=O)N/C=C/S(=O)C1=C(C(=O)O)N2C(=O)[C@@H](C(C)O)[C@H]2C1.